The van der Waals surface area contributed by atoms with Crippen molar-refractivity contribution in [1.29, 1.82) is 0 Å². The average molecular weight is 379 g/mol. The summed E-state index contributed by atoms with van der Waals surface area (Å²) in [4.78, 5) is 24.7. The van der Waals surface area contributed by atoms with Crippen molar-refractivity contribution in [2.24, 2.45) is 0 Å². The third-order valence-corrected chi connectivity index (χ3v) is 5.53. The van der Waals surface area contributed by atoms with Crippen molar-refractivity contribution in [1.82, 2.24) is 9.88 Å². The molecule has 0 bridgehead atoms. The zero-order valence-corrected chi connectivity index (χ0v) is 15.9. The van der Waals surface area contributed by atoms with Crippen molar-refractivity contribution in [2.45, 2.75) is 32.6 Å². The second-order valence-electron chi connectivity index (χ2n) is 5.82. The van der Waals surface area contributed by atoms with Crippen LogP contribution in [0.4, 0.5) is 5.69 Å². The van der Waals surface area contributed by atoms with Crippen LogP contribution in [-0.2, 0) is 14.8 Å². The first-order valence-electron chi connectivity index (χ1n) is 7.95. The molecule has 0 spiro atoms. The Kier molecular flexibility index (Phi) is 5.94. The molecule has 0 fully saturated rings. The van der Waals surface area contributed by atoms with E-state index in [1.54, 1.807) is 31.2 Å². The Morgan fingerprint density at radius 2 is 1.77 bits per heavy atom. The van der Waals surface area contributed by atoms with E-state index >= 15 is 0 Å². The molecule has 1 heterocycles. The molecule has 0 radical (unpaired) electrons. The molecule has 0 aliphatic carbocycles. The minimum absolute atomic E-state index is 0.0117. The van der Waals surface area contributed by atoms with Crippen molar-refractivity contribution in [3.63, 3.8) is 0 Å². The van der Waals surface area contributed by atoms with E-state index in [1.165, 1.54) is 25.7 Å². The minimum Gasteiger partial charge on any atom is -0.360 e. The lowest BCUT2D eigenvalue weighted by atomic mass is 10.1. The number of Topliss-reactive ketones (excluding diaryl/α,β-unsaturated/α-hetero) is 1. The molecule has 2 aromatic rings. The van der Waals surface area contributed by atoms with E-state index in [9.17, 15) is 18.0 Å². The molecule has 140 valence electrons. The smallest absolute Gasteiger partial charge is 0.246 e. The summed E-state index contributed by atoms with van der Waals surface area (Å²) in [5, 5.41) is 3.64. The highest BCUT2D eigenvalue weighted by atomic mass is 32.2. The molecule has 1 N–H and O–H groups in total. The molecular formula is C17H21N3O5S. The predicted octanol–water partition coefficient (Wildman–Crippen LogP) is 1.83. The van der Waals surface area contributed by atoms with Gasteiger partial charge in [-0.2, -0.15) is 0 Å². The number of hydrogen-bond donors (Lipinski definition) is 1. The molecule has 8 nitrogen and oxygen atoms in total. The van der Waals surface area contributed by atoms with E-state index in [1.807, 2.05) is 0 Å². The predicted molar refractivity (Wildman–Crippen MR) is 95.6 cm³/mol. The van der Waals surface area contributed by atoms with E-state index < -0.39 is 10.0 Å². The number of carbonyl (C=O) groups excluding carboxylic acids is 2. The molecule has 9 heteroatoms. The first kappa shape index (κ1) is 19.8. The standard InChI is InChI=1S/C17H21N3O5S/c1-11-17(13(3)25-19-11)26(23,24)18-9-10-20(14(4)22)16-7-5-15(6-8-16)12(2)21/h5-8,18H,9-10H2,1-4H3. The van der Waals surface area contributed by atoms with Gasteiger partial charge in [0.15, 0.2) is 11.5 Å². The maximum atomic E-state index is 12.4. The van der Waals surface area contributed by atoms with E-state index in [4.69, 9.17) is 4.52 Å². The quantitative estimate of drug-likeness (QED) is 0.735. The lowest BCUT2D eigenvalue weighted by Gasteiger charge is -2.21. The van der Waals surface area contributed by atoms with Crippen molar-refractivity contribution in [2.75, 3.05) is 18.0 Å². The molecule has 0 aliphatic rings. The van der Waals surface area contributed by atoms with Gasteiger partial charge in [0, 0.05) is 31.3 Å². The number of nitrogens with one attached hydrogen (secondary N) is 1. The summed E-state index contributed by atoms with van der Waals surface area (Å²) < 4.78 is 32.1. The van der Waals surface area contributed by atoms with Gasteiger partial charge in [0.2, 0.25) is 15.9 Å². The average Bonchev–Trinajstić information content (AvgIpc) is 2.91. The summed E-state index contributed by atoms with van der Waals surface area (Å²) in [5.41, 5.74) is 1.40. The Labute approximate surface area is 152 Å². The second-order valence-corrected chi connectivity index (χ2v) is 7.53. The number of sulfonamides is 1. The fourth-order valence-corrected chi connectivity index (χ4v) is 3.91. The van der Waals surface area contributed by atoms with Gasteiger partial charge in [0.1, 0.15) is 10.6 Å². The van der Waals surface area contributed by atoms with Gasteiger partial charge in [0.05, 0.1) is 0 Å². The van der Waals surface area contributed by atoms with E-state index in [-0.39, 0.29) is 41.1 Å². The van der Waals surface area contributed by atoms with E-state index in [0.717, 1.165) is 0 Å². The van der Waals surface area contributed by atoms with Crippen LogP contribution in [0.1, 0.15) is 35.7 Å². The van der Waals surface area contributed by atoms with Gasteiger partial charge < -0.3 is 9.42 Å². The molecule has 1 amide bonds. The summed E-state index contributed by atoms with van der Waals surface area (Å²) in [5.74, 6) is -0.103. The highest BCUT2D eigenvalue weighted by molar-refractivity contribution is 7.89. The summed E-state index contributed by atoms with van der Waals surface area (Å²) in [6.07, 6.45) is 0. The third kappa shape index (κ3) is 4.36. The first-order chi connectivity index (χ1) is 12.1. The van der Waals surface area contributed by atoms with Gasteiger partial charge in [-0.05, 0) is 45.0 Å². The molecule has 0 aliphatic heterocycles. The van der Waals surface area contributed by atoms with Crippen molar-refractivity contribution < 1.29 is 22.5 Å². The largest absolute Gasteiger partial charge is 0.360 e. The van der Waals surface area contributed by atoms with E-state index in [2.05, 4.69) is 9.88 Å². The van der Waals surface area contributed by atoms with Crippen LogP contribution in [0.25, 0.3) is 0 Å². The second kappa shape index (κ2) is 7.79. The van der Waals surface area contributed by atoms with Crippen molar-refractivity contribution in [3.8, 4) is 0 Å². The van der Waals surface area contributed by atoms with Gasteiger partial charge >= 0.3 is 0 Å². The van der Waals surface area contributed by atoms with Gasteiger partial charge in [-0.1, -0.05) is 5.16 Å². The Morgan fingerprint density at radius 1 is 1.15 bits per heavy atom. The molecule has 2 rings (SSSR count). The van der Waals surface area contributed by atoms with Crippen LogP contribution in [0.5, 0.6) is 0 Å². The number of aryl methyl sites for hydroxylation is 2. The molecular weight excluding hydrogens is 358 g/mol. The van der Waals surface area contributed by atoms with Crippen LogP contribution in [-0.4, -0.2) is 38.4 Å². The summed E-state index contributed by atoms with van der Waals surface area (Å²) in [6, 6.07) is 6.56. The fraction of sp³-hybridized carbons (Fsp3) is 0.353. The summed E-state index contributed by atoms with van der Waals surface area (Å²) in [6.45, 7) is 6.07. The zero-order chi connectivity index (χ0) is 19.5. The monoisotopic (exact) mass is 379 g/mol. The minimum atomic E-state index is -3.79. The number of nitrogens with zero attached hydrogens (tertiary/aromatic N) is 2. The van der Waals surface area contributed by atoms with Crippen LogP contribution in [0.2, 0.25) is 0 Å². The number of benzene rings is 1. The maximum absolute atomic E-state index is 12.4. The number of ketones is 1. The topological polar surface area (TPSA) is 110 Å². The Bertz CT molecular complexity index is 897. The molecule has 0 saturated heterocycles. The Balaban J connectivity index is 2.10. The molecule has 1 aromatic heterocycles. The molecule has 0 saturated carbocycles. The maximum Gasteiger partial charge on any atom is 0.246 e. The number of hydrogen-bond acceptors (Lipinski definition) is 6. The van der Waals surface area contributed by atoms with Gasteiger partial charge in [-0.15, -0.1) is 0 Å². The normalized spacial score (nSPS) is 11.4. The Hall–Kier alpha value is -2.52. The molecule has 26 heavy (non-hydrogen) atoms. The zero-order valence-electron chi connectivity index (χ0n) is 15.1. The number of aromatic nitrogens is 1. The van der Waals surface area contributed by atoms with Crippen molar-refractivity contribution in [3.05, 3.63) is 41.3 Å². The highest BCUT2D eigenvalue weighted by Gasteiger charge is 2.24. The van der Waals surface area contributed by atoms with Crippen LogP contribution in [0.15, 0.2) is 33.7 Å². The molecule has 0 unspecified atom stereocenters. The lowest BCUT2D eigenvalue weighted by molar-refractivity contribution is -0.116. The third-order valence-electron chi connectivity index (χ3n) is 3.83. The first-order valence-corrected chi connectivity index (χ1v) is 9.43. The number of amides is 1. The Morgan fingerprint density at radius 3 is 2.23 bits per heavy atom. The highest BCUT2D eigenvalue weighted by Crippen LogP contribution is 2.19. The van der Waals surface area contributed by atoms with Crippen LogP contribution >= 0.6 is 0 Å². The molecule has 0 atom stereocenters. The van der Waals surface area contributed by atoms with Gasteiger partial charge in [-0.25, -0.2) is 13.1 Å². The van der Waals surface area contributed by atoms with Crippen LogP contribution in [0, 0.1) is 13.8 Å². The lowest BCUT2D eigenvalue weighted by Crippen LogP contribution is -2.37. The summed E-state index contributed by atoms with van der Waals surface area (Å²) >= 11 is 0. The number of rotatable bonds is 7. The number of carbonyl (C=O) groups is 2. The number of anilines is 1. The van der Waals surface area contributed by atoms with Crippen LogP contribution in [0.3, 0.4) is 0 Å². The SMILES string of the molecule is CC(=O)c1ccc(N(CCNS(=O)(=O)c2c(C)noc2C)C(C)=O)cc1. The van der Waals surface area contributed by atoms with Crippen molar-refractivity contribution >= 4 is 27.4 Å². The van der Waals surface area contributed by atoms with Crippen LogP contribution < -0.4 is 9.62 Å². The fourth-order valence-electron chi connectivity index (χ4n) is 2.57. The summed E-state index contributed by atoms with van der Waals surface area (Å²) in [7, 11) is -3.79. The van der Waals surface area contributed by atoms with Gasteiger partial charge in [-0.3, -0.25) is 9.59 Å². The van der Waals surface area contributed by atoms with Gasteiger partial charge in [0.25, 0.3) is 0 Å². The molecule has 1 aromatic carbocycles. The van der Waals surface area contributed by atoms with E-state index in [0.29, 0.717) is 11.3 Å².